The Balaban J connectivity index is 1.59. The fourth-order valence-corrected chi connectivity index (χ4v) is 10.8. The Kier molecular flexibility index (Phi) is 6.53. The molecule has 0 radical (unpaired) electrons. The lowest BCUT2D eigenvalue weighted by Crippen LogP contribution is -2.65. The predicted octanol–water partition coefficient (Wildman–Crippen LogP) is 4.26. The van der Waals surface area contributed by atoms with Gasteiger partial charge in [0.15, 0.2) is 17.4 Å². The normalized spacial score (nSPS) is 27.7. The van der Waals surface area contributed by atoms with Gasteiger partial charge in [0.2, 0.25) is 5.88 Å². The van der Waals surface area contributed by atoms with Gasteiger partial charge in [-0.3, -0.25) is 4.57 Å². The molecule has 2 aliphatic rings. The van der Waals surface area contributed by atoms with E-state index in [-0.39, 0.29) is 16.2 Å². The molecule has 2 aromatic rings. The van der Waals surface area contributed by atoms with Gasteiger partial charge >= 0.3 is 8.56 Å². The molecule has 1 N–H and O–H groups in total. The van der Waals surface area contributed by atoms with Gasteiger partial charge in [0.05, 0.1) is 19.5 Å². The molecule has 2 saturated heterocycles. The minimum atomic E-state index is -2.73. The van der Waals surface area contributed by atoms with E-state index in [0.717, 1.165) is 6.04 Å². The molecule has 2 aliphatic heterocycles. The number of hydrogen-bond donors (Lipinski definition) is 1. The highest BCUT2D eigenvalue weighted by Gasteiger charge is 2.65. The van der Waals surface area contributed by atoms with Gasteiger partial charge < -0.3 is 23.4 Å². The van der Waals surface area contributed by atoms with Crippen LogP contribution in [0.25, 0.3) is 11.2 Å². The third kappa shape index (κ3) is 4.46. The second-order valence-electron chi connectivity index (χ2n) is 12.7. The lowest BCUT2D eigenvalue weighted by atomic mass is 10.1. The Morgan fingerprint density at radius 3 is 2.41 bits per heavy atom. The van der Waals surface area contributed by atoms with Crippen LogP contribution >= 0.6 is 0 Å². The van der Waals surface area contributed by atoms with Crippen LogP contribution in [0.5, 0.6) is 5.88 Å². The molecular weight excluding hydrogens is 468 g/mol. The van der Waals surface area contributed by atoms with Crippen molar-refractivity contribution in [3.05, 3.63) is 12.7 Å². The summed E-state index contributed by atoms with van der Waals surface area (Å²) in [6.07, 6.45) is 0.699. The average molecular weight is 509 g/mol. The Hall–Kier alpha value is -1.38. The van der Waals surface area contributed by atoms with E-state index in [1.54, 1.807) is 10.9 Å². The molecule has 4 heterocycles. The van der Waals surface area contributed by atoms with Crippen molar-refractivity contribution in [1.82, 2.24) is 19.5 Å². The van der Waals surface area contributed by atoms with Crippen LogP contribution in [0.3, 0.4) is 0 Å². The number of hydrogen-bond acceptors (Lipinski definition) is 8. The fourth-order valence-electron chi connectivity index (χ4n) is 5.14. The maximum atomic E-state index is 11.4. The number of nitrogens with zero attached hydrogens (tertiary/aromatic N) is 4. The molecule has 11 heteroatoms. The summed E-state index contributed by atoms with van der Waals surface area (Å²) in [7, 11) is -3.96. The number of aliphatic hydroxyl groups is 1. The quantitative estimate of drug-likeness (QED) is 0.598. The number of fused-ring (bicyclic) bond motifs is 2. The summed E-state index contributed by atoms with van der Waals surface area (Å²) in [6, 6.07) is 1.03. The molecule has 0 spiro atoms. The first-order valence-corrected chi connectivity index (χ1v) is 17.6. The van der Waals surface area contributed by atoms with Crippen molar-refractivity contribution in [3.8, 4) is 5.88 Å². The molecule has 0 unspecified atom stereocenters. The largest absolute Gasteiger partial charge is 0.476 e. The molecule has 2 fully saturated rings. The molecule has 0 saturated carbocycles. The summed E-state index contributed by atoms with van der Waals surface area (Å²) in [5.74, 6) is 0.457. The van der Waals surface area contributed by atoms with E-state index in [1.165, 1.54) is 6.33 Å². The van der Waals surface area contributed by atoms with Crippen molar-refractivity contribution in [2.75, 3.05) is 13.2 Å². The second kappa shape index (κ2) is 8.63. The van der Waals surface area contributed by atoms with Crippen LogP contribution in [-0.2, 0) is 13.6 Å². The number of aromatic nitrogens is 4. The van der Waals surface area contributed by atoms with Crippen molar-refractivity contribution in [1.29, 1.82) is 0 Å². The summed E-state index contributed by atoms with van der Waals surface area (Å²) in [4.78, 5) is 13.2. The van der Waals surface area contributed by atoms with Gasteiger partial charge in [-0.1, -0.05) is 61.2 Å². The lowest BCUT2D eigenvalue weighted by molar-refractivity contribution is -0.0795. The Labute approximate surface area is 204 Å². The van der Waals surface area contributed by atoms with E-state index in [4.69, 9.17) is 18.3 Å². The van der Waals surface area contributed by atoms with Crippen molar-refractivity contribution in [2.24, 2.45) is 0 Å². The first kappa shape index (κ1) is 25.7. The Morgan fingerprint density at radius 2 is 1.79 bits per heavy atom. The fraction of sp³-hybridized carbons (Fsp3) is 0.783. The lowest BCUT2D eigenvalue weighted by Gasteiger charge is -2.53. The van der Waals surface area contributed by atoms with Crippen LogP contribution in [0.2, 0.25) is 35.8 Å². The molecule has 34 heavy (non-hydrogen) atoms. The molecule has 4 atom stereocenters. The molecule has 4 rings (SSSR count). The maximum Gasteiger partial charge on any atom is 0.349 e. The topological polar surface area (TPSA) is 101 Å². The van der Waals surface area contributed by atoms with Gasteiger partial charge in [-0.25, -0.2) is 9.97 Å². The number of ether oxygens (including phenoxy) is 2. The van der Waals surface area contributed by atoms with Crippen molar-refractivity contribution >= 4 is 27.8 Å². The summed E-state index contributed by atoms with van der Waals surface area (Å²) in [5, 5.41) is 11.0. The number of imidazole rings is 1. The zero-order chi connectivity index (χ0) is 25.1. The van der Waals surface area contributed by atoms with Crippen molar-refractivity contribution in [2.45, 2.75) is 102 Å². The first-order valence-electron chi connectivity index (χ1n) is 12.1. The van der Waals surface area contributed by atoms with Gasteiger partial charge in [-0.15, -0.1) is 0 Å². The first-order chi connectivity index (χ1) is 15.6. The van der Waals surface area contributed by atoms with Crippen LogP contribution in [0, 0.1) is 0 Å². The standard InChI is InChI=1S/C23H40N4O5Si2/c1-22(2,3)34(23(4,5)6)30-12-15-18(32-34)17(28)21(31-15)27-14-26-16-19(27)24-13-25-20(16)29-10-11-33(7,8)9/h13-15,17-18,21,28H,10-12H2,1-9H3/t15-,17+,18-,21-/m1/s1. The maximum absolute atomic E-state index is 11.4. The van der Waals surface area contributed by atoms with Gasteiger partial charge in [-0.2, -0.15) is 4.98 Å². The van der Waals surface area contributed by atoms with Crippen LogP contribution in [0.15, 0.2) is 12.7 Å². The van der Waals surface area contributed by atoms with Gasteiger partial charge in [0.25, 0.3) is 0 Å². The Morgan fingerprint density at radius 1 is 1.12 bits per heavy atom. The third-order valence-corrected chi connectivity index (χ3v) is 13.6. The molecule has 2 aromatic heterocycles. The summed E-state index contributed by atoms with van der Waals surface area (Å²) < 4.78 is 27.2. The highest BCUT2D eigenvalue weighted by atomic mass is 28.4. The number of aliphatic hydroxyl groups excluding tert-OH is 1. The molecule has 0 aliphatic carbocycles. The monoisotopic (exact) mass is 508 g/mol. The molecule has 190 valence electrons. The van der Waals surface area contributed by atoms with Gasteiger partial charge in [0.1, 0.15) is 24.6 Å². The third-order valence-electron chi connectivity index (χ3n) is 6.73. The van der Waals surface area contributed by atoms with Crippen LogP contribution in [-0.4, -0.2) is 72.8 Å². The number of rotatable bonds is 5. The molecule has 9 nitrogen and oxygen atoms in total. The minimum absolute atomic E-state index is 0.175. The molecule has 0 aromatic carbocycles. The van der Waals surface area contributed by atoms with Crippen LogP contribution < -0.4 is 4.74 Å². The molecular formula is C23H40N4O5Si2. The minimum Gasteiger partial charge on any atom is -0.476 e. The summed E-state index contributed by atoms with van der Waals surface area (Å²) in [6.45, 7) is 20.9. The zero-order valence-electron chi connectivity index (χ0n) is 22.0. The van der Waals surface area contributed by atoms with Crippen LogP contribution in [0.4, 0.5) is 0 Å². The SMILES string of the molecule is CC(C)(C)[Si]1(C(C)(C)C)OC[C@H]2O[C@@H](n3cnc4c(OCC[Si](C)(C)C)ncnc43)[C@@H](O)[C@@H]2O1. The van der Waals surface area contributed by atoms with E-state index >= 15 is 0 Å². The summed E-state index contributed by atoms with van der Waals surface area (Å²) >= 11 is 0. The highest BCUT2D eigenvalue weighted by Crippen LogP contribution is 2.55. The smallest absolute Gasteiger partial charge is 0.349 e. The molecule has 0 amide bonds. The second-order valence-corrected chi connectivity index (χ2v) is 23.1. The molecule has 0 bridgehead atoms. The predicted molar refractivity (Wildman–Crippen MR) is 135 cm³/mol. The van der Waals surface area contributed by atoms with E-state index in [9.17, 15) is 5.11 Å². The van der Waals surface area contributed by atoms with Gasteiger partial charge in [-0.05, 0) is 6.04 Å². The van der Waals surface area contributed by atoms with E-state index < -0.39 is 35.1 Å². The van der Waals surface area contributed by atoms with E-state index in [1.807, 2.05) is 0 Å². The van der Waals surface area contributed by atoms with E-state index in [2.05, 4.69) is 76.1 Å². The van der Waals surface area contributed by atoms with Gasteiger partial charge in [0, 0.05) is 18.2 Å². The summed E-state index contributed by atoms with van der Waals surface area (Å²) in [5.41, 5.74) is 1.13. The van der Waals surface area contributed by atoms with Crippen LogP contribution in [0.1, 0.15) is 47.8 Å². The zero-order valence-corrected chi connectivity index (χ0v) is 24.0. The van der Waals surface area contributed by atoms with Crippen molar-refractivity contribution in [3.63, 3.8) is 0 Å². The average Bonchev–Trinajstić information content (AvgIpc) is 3.26. The Bertz CT molecular complexity index is 1010. The van der Waals surface area contributed by atoms with E-state index in [0.29, 0.717) is 30.3 Å². The highest BCUT2D eigenvalue weighted by molar-refractivity contribution is 6.76. The van der Waals surface area contributed by atoms with Crippen molar-refractivity contribution < 1.29 is 23.4 Å².